The van der Waals surface area contributed by atoms with E-state index in [1.165, 1.54) is 0 Å². The Hall–Kier alpha value is -0.590. The molecule has 2 atom stereocenters. The van der Waals surface area contributed by atoms with E-state index < -0.39 is 11.0 Å². The molecule has 1 heterocycles. The number of nitrogens with zero attached hydrogens (tertiary/aromatic N) is 1. The topological polar surface area (TPSA) is 53.2 Å². The van der Waals surface area contributed by atoms with E-state index in [9.17, 15) is 5.11 Å². The second kappa shape index (κ2) is 3.28. The lowest BCUT2D eigenvalue weighted by Crippen LogP contribution is -2.50. The molecular weight excluding hydrogens is 166 g/mol. The highest BCUT2D eigenvalue weighted by atomic mass is 16.5. The number of nitriles is 1. The Kier molecular flexibility index (Phi) is 2.65. The zero-order valence-corrected chi connectivity index (χ0v) is 8.50. The fourth-order valence-electron chi connectivity index (χ4n) is 1.74. The third kappa shape index (κ3) is 1.84. The number of rotatable bonds is 1. The molecule has 13 heavy (non-hydrogen) atoms. The van der Waals surface area contributed by atoms with Crippen LogP contribution in [0.3, 0.4) is 0 Å². The molecule has 0 aromatic rings. The van der Waals surface area contributed by atoms with Crippen molar-refractivity contribution in [3.05, 3.63) is 0 Å². The summed E-state index contributed by atoms with van der Waals surface area (Å²) in [6, 6.07) is 2.17. The van der Waals surface area contributed by atoms with Gasteiger partial charge in [0, 0.05) is 19.4 Å². The Morgan fingerprint density at radius 1 is 1.62 bits per heavy atom. The highest BCUT2D eigenvalue weighted by Crippen LogP contribution is 2.39. The van der Waals surface area contributed by atoms with Gasteiger partial charge in [0.1, 0.15) is 0 Å². The monoisotopic (exact) mass is 183 g/mol. The van der Waals surface area contributed by atoms with Crippen molar-refractivity contribution in [2.45, 2.75) is 45.3 Å². The maximum Gasteiger partial charge on any atom is 0.0874 e. The van der Waals surface area contributed by atoms with Gasteiger partial charge in [-0.15, -0.1) is 0 Å². The molecule has 2 unspecified atom stereocenters. The Balaban J connectivity index is 2.81. The zero-order valence-electron chi connectivity index (χ0n) is 8.50. The van der Waals surface area contributed by atoms with Crippen LogP contribution in [0.4, 0.5) is 0 Å². The molecule has 74 valence electrons. The summed E-state index contributed by atoms with van der Waals surface area (Å²) in [5.41, 5.74) is -1.58. The first kappa shape index (κ1) is 10.5. The van der Waals surface area contributed by atoms with Crippen molar-refractivity contribution >= 4 is 0 Å². The van der Waals surface area contributed by atoms with Crippen molar-refractivity contribution in [1.29, 1.82) is 5.26 Å². The van der Waals surface area contributed by atoms with Crippen molar-refractivity contribution in [2.75, 3.05) is 6.61 Å². The quantitative estimate of drug-likeness (QED) is 0.669. The highest BCUT2D eigenvalue weighted by Gasteiger charge is 2.46. The molecule has 0 aliphatic carbocycles. The summed E-state index contributed by atoms with van der Waals surface area (Å²) >= 11 is 0. The molecular formula is C10H17NO2. The van der Waals surface area contributed by atoms with Crippen LogP contribution in [0.5, 0.6) is 0 Å². The van der Waals surface area contributed by atoms with E-state index in [0.29, 0.717) is 19.4 Å². The zero-order chi connectivity index (χ0) is 10.1. The first-order chi connectivity index (χ1) is 5.91. The van der Waals surface area contributed by atoms with Crippen LogP contribution in [0.1, 0.15) is 33.6 Å². The number of hydrogen-bond donors (Lipinski definition) is 1. The summed E-state index contributed by atoms with van der Waals surface area (Å²) in [4.78, 5) is 0. The van der Waals surface area contributed by atoms with E-state index in [0.717, 1.165) is 0 Å². The maximum atomic E-state index is 10.3. The Bertz CT molecular complexity index is 232. The lowest BCUT2D eigenvalue weighted by Gasteiger charge is -2.42. The van der Waals surface area contributed by atoms with Crippen LogP contribution in [-0.4, -0.2) is 23.4 Å². The van der Waals surface area contributed by atoms with E-state index >= 15 is 0 Å². The van der Waals surface area contributed by atoms with Gasteiger partial charge in [0.15, 0.2) is 0 Å². The molecule has 1 aliphatic heterocycles. The van der Waals surface area contributed by atoms with E-state index in [1.54, 1.807) is 13.8 Å². The molecule has 0 aromatic heterocycles. The average Bonchev–Trinajstić information content (AvgIpc) is 2.03. The van der Waals surface area contributed by atoms with Gasteiger partial charge in [-0.2, -0.15) is 5.26 Å². The molecule has 1 aliphatic rings. The minimum Gasteiger partial charge on any atom is -0.388 e. The molecule has 0 aromatic carbocycles. The highest BCUT2D eigenvalue weighted by molar-refractivity contribution is 5.07. The molecule has 1 N–H and O–H groups in total. The van der Waals surface area contributed by atoms with Gasteiger partial charge in [0.25, 0.3) is 0 Å². The molecule has 0 saturated carbocycles. The summed E-state index contributed by atoms with van der Waals surface area (Å²) in [7, 11) is 0. The molecule has 1 rings (SSSR count). The van der Waals surface area contributed by atoms with Crippen LogP contribution >= 0.6 is 0 Å². The second-order valence-electron chi connectivity index (χ2n) is 4.40. The summed E-state index contributed by atoms with van der Waals surface area (Å²) in [6.07, 6.45) is 1.15. The van der Waals surface area contributed by atoms with Gasteiger partial charge in [0.05, 0.1) is 23.2 Å². The number of hydrogen-bond acceptors (Lipinski definition) is 3. The Labute approximate surface area is 79.3 Å². The average molecular weight is 183 g/mol. The van der Waals surface area contributed by atoms with Crippen LogP contribution in [0.2, 0.25) is 0 Å². The van der Waals surface area contributed by atoms with Gasteiger partial charge in [-0.25, -0.2) is 0 Å². The molecule has 1 fully saturated rings. The van der Waals surface area contributed by atoms with E-state index in [4.69, 9.17) is 10.00 Å². The minimum absolute atomic E-state index is 0.0476. The molecule has 0 radical (unpaired) electrons. The third-order valence-corrected chi connectivity index (χ3v) is 2.99. The van der Waals surface area contributed by atoms with Crippen molar-refractivity contribution < 1.29 is 9.84 Å². The van der Waals surface area contributed by atoms with Gasteiger partial charge in [-0.1, -0.05) is 0 Å². The first-order valence-corrected chi connectivity index (χ1v) is 4.66. The molecule has 3 heteroatoms. The molecule has 0 amide bonds. The smallest absolute Gasteiger partial charge is 0.0874 e. The minimum atomic E-state index is -0.889. The normalized spacial score (nSPS) is 35.5. The van der Waals surface area contributed by atoms with Gasteiger partial charge in [0.2, 0.25) is 0 Å². The fourth-order valence-corrected chi connectivity index (χ4v) is 1.74. The van der Waals surface area contributed by atoms with E-state index in [2.05, 4.69) is 6.07 Å². The third-order valence-electron chi connectivity index (χ3n) is 2.99. The predicted molar refractivity (Wildman–Crippen MR) is 49.0 cm³/mol. The van der Waals surface area contributed by atoms with Gasteiger partial charge in [-0.3, -0.25) is 0 Å². The standard InChI is InChI=1S/C10H17NO2/c1-8-6-10(12,4-5-13-8)9(2,3)7-11/h8,12H,4-6H2,1-3H3. The van der Waals surface area contributed by atoms with Crippen LogP contribution < -0.4 is 0 Å². The van der Waals surface area contributed by atoms with Gasteiger partial charge in [-0.05, 0) is 20.8 Å². The van der Waals surface area contributed by atoms with Crippen LogP contribution in [0.25, 0.3) is 0 Å². The molecule has 0 spiro atoms. The largest absolute Gasteiger partial charge is 0.388 e. The van der Waals surface area contributed by atoms with Crippen LogP contribution in [0, 0.1) is 16.7 Å². The summed E-state index contributed by atoms with van der Waals surface area (Å²) in [6.45, 7) is 6.04. The Morgan fingerprint density at radius 3 is 2.69 bits per heavy atom. The van der Waals surface area contributed by atoms with Crippen LogP contribution in [-0.2, 0) is 4.74 Å². The molecule has 1 saturated heterocycles. The van der Waals surface area contributed by atoms with Crippen molar-refractivity contribution in [3.8, 4) is 6.07 Å². The lowest BCUT2D eigenvalue weighted by atomic mass is 9.70. The number of ether oxygens (including phenoxy) is 1. The summed E-state index contributed by atoms with van der Waals surface area (Å²) in [5.74, 6) is 0. The van der Waals surface area contributed by atoms with Crippen LogP contribution in [0.15, 0.2) is 0 Å². The van der Waals surface area contributed by atoms with Gasteiger partial charge >= 0.3 is 0 Å². The van der Waals surface area contributed by atoms with Crippen molar-refractivity contribution in [2.24, 2.45) is 5.41 Å². The second-order valence-corrected chi connectivity index (χ2v) is 4.40. The fraction of sp³-hybridized carbons (Fsp3) is 0.900. The SMILES string of the molecule is CC1CC(O)(C(C)(C)C#N)CCO1. The summed E-state index contributed by atoms with van der Waals surface area (Å²) in [5, 5.41) is 19.2. The Morgan fingerprint density at radius 2 is 2.23 bits per heavy atom. The van der Waals surface area contributed by atoms with Crippen molar-refractivity contribution in [1.82, 2.24) is 0 Å². The first-order valence-electron chi connectivity index (χ1n) is 4.66. The summed E-state index contributed by atoms with van der Waals surface area (Å²) < 4.78 is 5.34. The van der Waals surface area contributed by atoms with E-state index in [1.807, 2.05) is 6.92 Å². The van der Waals surface area contributed by atoms with Gasteiger partial charge < -0.3 is 9.84 Å². The predicted octanol–water partition coefficient (Wildman–Crippen LogP) is 1.47. The molecule has 3 nitrogen and oxygen atoms in total. The molecule has 0 bridgehead atoms. The van der Waals surface area contributed by atoms with E-state index in [-0.39, 0.29) is 6.10 Å². The van der Waals surface area contributed by atoms with Crippen molar-refractivity contribution in [3.63, 3.8) is 0 Å². The number of aliphatic hydroxyl groups is 1. The lowest BCUT2D eigenvalue weighted by molar-refractivity contribution is -0.138. The maximum absolute atomic E-state index is 10.3.